The summed E-state index contributed by atoms with van der Waals surface area (Å²) in [6, 6.07) is 1.37. The molecule has 0 radical (unpaired) electrons. The van der Waals surface area contributed by atoms with Crippen LogP contribution in [0.15, 0.2) is 23.2 Å². The van der Waals surface area contributed by atoms with Crippen molar-refractivity contribution in [1.29, 1.82) is 0 Å². The second-order valence-electron chi connectivity index (χ2n) is 3.06. The van der Waals surface area contributed by atoms with E-state index in [0.717, 1.165) is 5.57 Å². The van der Waals surface area contributed by atoms with Crippen LogP contribution >= 0.6 is 23.2 Å². The number of hydrogen-bond donors (Lipinski definition) is 2. The number of nitrogen functional groups attached to an aromatic ring is 1. The van der Waals surface area contributed by atoms with Gasteiger partial charge in [0, 0.05) is 6.21 Å². The van der Waals surface area contributed by atoms with Crippen molar-refractivity contribution in [3.63, 3.8) is 0 Å². The van der Waals surface area contributed by atoms with E-state index in [0.29, 0.717) is 0 Å². The first-order valence-corrected chi connectivity index (χ1v) is 4.85. The zero-order valence-electron chi connectivity index (χ0n) is 8.09. The number of phenols is 1. The lowest BCUT2D eigenvalue weighted by atomic mass is 10.2. The van der Waals surface area contributed by atoms with Crippen LogP contribution in [0.5, 0.6) is 5.75 Å². The number of anilines is 1. The minimum absolute atomic E-state index is 0.114. The molecule has 0 aliphatic rings. The van der Waals surface area contributed by atoms with Crippen LogP contribution in [0.4, 0.5) is 11.4 Å². The van der Waals surface area contributed by atoms with Gasteiger partial charge in [-0.1, -0.05) is 29.8 Å². The molecule has 3 nitrogen and oxygen atoms in total. The molecule has 0 saturated carbocycles. The fourth-order valence-corrected chi connectivity index (χ4v) is 1.37. The van der Waals surface area contributed by atoms with Gasteiger partial charge in [0.25, 0.3) is 0 Å². The van der Waals surface area contributed by atoms with Gasteiger partial charge in [0.15, 0.2) is 5.75 Å². The summed E-state index contributed by atoms with van der Waals surface area (Å²) in [5.41, 5.74) is 6.72. The Hall–Kier alpha value is -1.19. The van der Waals surface area contributed by atoms with Crippen molar-refractivity contribution in [3.05, 3.63) is 28.3 Å². The molecule has 0 amide bonds. The third-order valence-electron chi connectivity index (χ3n) is 1.63. The minimum Gasteiger partial charge on any atom is -0.504 e. The highest BCUT2D eigenvalue weighted by molar-refractivity contribution is 6.38. The number of nitrogens with zero attached hydrogens (tertiary/aromatic N) is 1. The van der Waals surface area contributed by atoms with E-state index in [4.69, 9.17) is 28.9 Å². The molecule has 0 aliphatic carbocycles. The Bertz CT molecular complexity index is 415. The number of benzene rings is 1. The maximum absolute atomic E-state index is 9.60. The first kappa shape index (κ1) is 11.9. The van der Waals surface area contributed by atoms with E-state index in [1.165, 1.54) is 12.3 Å². The van der Waals surface area contributed by atoms with Gasteiger partial charge >= 0.3 is 0 Å². The number of hydrogen-bond acceptors (Lipinski definition) is 3. The summed E-state index contributed by atoms with van der Waals surface area (Å²) < 4.78 is 0. The molecule has 1 rings (SSSR count). The van der Waals surface area contributed by atoms with E-state index >= 15 is 0 Å². The smallest absolute Gasteiger partial charge is 0.162 e. The summed E-state index contributed by atoms with van der Waals surface area (Å²) in [6.07, 6.45) is 1.47. The molecule has 1 aromatic carbocycles. The molecule has 0 heterocycles. The number of halogens is 2. The van der Waals surface area contributed by atoms with Crippen LogP contribution in [0.2, 0.25) is 10.0 Å². The van der Waals surface area contributed by atoms with Crippen LogP contribution in [0, 0.1) is 0 Å². The summed E-state index contributed by atoms with van der Waals surface area (Å²) >= 11 is 11.5. The second-order valence-corrected chi connectivity index (χ2v) is 3.87. The van der Waals surface area contributed by atoms with Crippen molar-refractivity contribution < 1.29 is 5.11 Å². The summed E-state index contributed by atoms with van der Waals surface area (Å²) in [4.78, 5) is 3.96. The first-order chi connectivity index (χ1) is 6.93. The van der Waals surface area contributed by atoms with Gasteiger partial charge < -0.3 is 10.8 Å². The maximum Gasteiger partial charge on any atom is 0.162 e. The lowest BCUT2D eigenvalue weighted by Crippen LogP contribution is -1.89. The van der Waals surface area contributed by atoms with E-state index < -0.39 is 0 Å². The standard InChI is InChI=1S/C10H10Cl2N2O/c1-5(2)4-14-9-8(13)6(11)3-7(12)10(9)15/h3-4,15H,1,13H2,2H3. The summed E-state index contributed by atoms with van der Waals surface area (Å²) in [7, 11) is 0. The van der Waals surface area contributed by atoms with Gasteiger partial charge in [-0.2, -0.15) is 0 Å². The van der Waals surface area contributed by atoms with E-state index in [1.807, 2.05) is 0 Å². The van der Waals surface area contributed by atoms with Crippen molar-refractivity contribution in [2.45, 2.75) is 6.92 Å². The largest absolute Gasteiger partial charge is 0.504 e. The van der Waals surface area contributed by atoms with E-state index in [-0.39, 0.29) is 27.2 Å². The molecular weight excluding hydrogens is 235 g/mol. The van der Waals surface area contributed by atoms with Gasteiger partial charge in [-0.15, -0.1) is 0 Å². The van der Waals surface area contributed by atoms with Crippen molar-refractivity contribution >= 4 is 40.8 Å². The van der Waals surface area contributed by atoms with E-state index in [9.17, 15) is 5.11 Å². The van der Waals surface area contributed by atoms with E-state index in [2.05, 4.69) is 11.6 Å². The molecule has 0 atom stereocenters. The monoisotopic (exact) mass is 244 g/mol. The van der Waals surface area contributed by atoms with Gasteiger partial charge in [-0.25, -0.2) is 0 Å². The van der Waals surface area contributed by atoms with Crippen LogP contribution < -0.4 is 5.73 Å². The third-order valence-corrected chi connectivity index (χ3v) is 2.23. The number of aromatic hydroxyl groups is 1. The molecule has 0 saturated heterocycles. The number of aliphatic imine (C=N–C) groups is 1. The average molecular weight is 245 g/mol. The number of phenolic OH excluding ortho intramolecular Hbond substituents is 1. The second kappa shape index (κ2) is 4.55. The molecule has 0 unspecified atom stereocenters. The Morgan fingerprint density at radius 3 is 2.67 bits per heavy atom. The van der Waals surface area contributed by atoms with Gasteiger partial charge in [0.2, 0.25) is 0 Å². The molecule has 15 heavy (non-hydrogen) atoms. The molecule has 80 valence electrons. The Balaban J connectivity index is 3.33. The molecule has 3 N–H and O–H groups in total. The van der Waals surface area contributed by atoms with Crippen LogP contribution in [-0.4, -0.2) is 11.3 Å². The summed E-state index contributed by atoms with van der Waals surface area (Å²) in [5, 5.41) is 9.97. The fourth-order valence-electron chi connectivity index (χ4n) is 0.917. The van der Waals surface area contributed by atoms with Crippen molar-refractivity contribution in [2.75, 3.05) is 5.73 Å². The molecule has 0 aliphatic heterocycles. The normalized spacial score (nSPS) is 10.9. The molecule has 0 fully saturated rings. The number of allylic oxidation sites excluding steroid dienone is 1. The highest BCUT2D eigenvalue weighted by atomic mass is 35.5. The van der Waals surface area contributed by atoms with Gasteiger partial charge in [-0.3, -0.25) is 4.99 Å². The molecule has 5 heteroatoms. The molecular formula is C10H10Cl2N2O. The molecule has 0 bridgehead atoms. The Labute approximate surface area is 97.8 Å². The third kappa shape index (κ3) is 2.64. The number of rotatable bonds is 2. The SMILES string of the molecule is C=C(C)C=Nc1c(N)c(Cl)cc(Cl)c1O. The highest BCUT2D eigenvalue weighted by Gasteiger charge is 2.12. The Kier molecular flexibility index (Phi) is 3.61. The predicted octanol–water partition coefficient (Wildman–Crippen LogP) is 3.56. The lowest BCUT2D eigenvalue weighted by molar-refractivity contribution is 0.477. The maximum atomic E-state index is 9.60. The van der Waals surface area contributed by atoms with Crippen molar-refractivity contribution in [3.8, 4) is 5.75 Å². The van der Waals surface area contributed by atoms with E-state index in [1.54, 1.807) is 6.92 Å². The minimum atomic E-state index is -0.184. The quantitative estimate of drug-likeness (QED) is 0.618. The predicted molar refractivity (Wildman–Crippen MR) is 65.5 cm³/mol. The van der Waals surface area contributed by atoms with Crippen molar-refractivity contribution in [1.82, 2.24) is 0 Å². The van der Waals surface area contributed by atoms with Gasteiger partial charge in [0.1, 0.15) is 5.69 Å². The summed E-state index contributed by atoms with van der Waals surface area (Å²) in [5.74, 6) is -0.184. The van der Waals surface area contributed by atoms with Gasteiger partial charge in [-0.05, 0) is 18.6 Å². The fraction of sp³-hybridized carbons (Fsp3) is 0.100. The van der Waals surface area contributed by atoms with Crippen LogP contribution in [0.1, 0.15) is 6.92 Å². The molecule has 1 aromatic rings. The lowest BCUT2D eigenvalue weighted by Gasteiger charge is -2.06. The number of nitrogens with two attached hydrogens (primary N) is 1. The van der Waals surface area contributed by atoms with Crippen molar-refractivity contribution in [2.24, 2.45) is 4.99 Å². The Morgan fingerprint density at radius 1 is 1.53 bits per heavy atom. The van der Waals surface area contributed by atoms with Gasteiger partial charge in [0.05, 0.1) is 15.7 Å². The summed E-state index contributed by atoms with van der Waals surface area (Å²) in [6.45, 7) is 5.40. The zero-order valence-corrected chi connectivity index (χ0v) is 9.60. The van der Waals surface area contributed by atoms with Crippen LogP contribution in [-0.2, 0) is 0 Å². The van der Waals surface area contributed by atoms with Crippen LogP contribution in [0.3, 0.4) is 0 Å². The molecule has 0 spiro atoms. The zero-order chi connectivity index (χ0) is 11.6. The first-order valence-electron chi connectivity index (χ1n) is 4.09. The average Bonchev–Trinajstić information content (AvgIpc) is 2.14. The highest BCUT2D eigenvalue weighted by Crippen LogP contribution is 2.43. The van der Waals surface area contributed by atoms with Crippen LogP contribution in [0.25, 0.3) is 0 Å². The Morgan fingerprint density at radius 2 is 2.13 bits per heavy atom. The topological polar surface area (TPSA) is 58.6 Å². The molecule has 0 aromatic heterocycles.